The fraction of sp³-hybridized carbons (Fsp3) is 0.529. The van der Waals surface area contributed by atoms with Crippen molar-refractivity contribution >= 4 is 16.6 Å². The first kappa shape index (κ1) is 14.1. The summed E-state index contributed by atoms with van der Waals surface area (Å²) in [6.45, 7) is 0.793. The molecule has 0 N–H and O–H groups in total. The van der Waals surface area contributed by atoms with E-state index in [1.807, 2.05) is 24.3 Å². The van der Waals surface area contributed by atoms with Gasteiger partial charge in [0.2, 0.25) is 5.82 Å². The molecule has 1 aliphatic carbocycles. The third kappa shape index (κ3) is 3.84. The van der Waals surface area contributed by atoms with E-state index in [-0.39, 0.29) is 0 Å². The van der Waals surface area contributed by atoms with Crippen LogP contribution in [-0.4, -0.2) is 16.7 Å². The Morgan fingerprint density at radius 1 is 1.10 bits per heavy atom. The SMILES string of the molecule is c1ccc2c(N=NCCCC3CCCCC3)nncc2c1. The summed E-state index contributed by atoms with van der Waals surface area (Å²) < 4.78 is 0. The van der Waals surface area contributed by atoms with Crippen LogP contribution in [0.3, 0.4) is 0 Å². The second kappa shape index (κ2) is 7.25. The van der Waals surface area contributed by atoms with Crippen molar-refractivity contribution in [2.24, 2.45) is 16.1 Å². The van der Waals surface area contributed by atoms with Crippen molar-refractivity contribution in [3.63, 3.8) is 0 Å². The van der Waals surface area contributed by atoms with Gasteiger partial charge < -0.3 is 0 Å². The van der Waals surface area contributed by atoms with Crippen molar-refractivity contribution in [2.45, 2.75) is 44.9 Å². The minimum absolute atomic E-state index is 0.630. The van der Waals surface area contributed by atoms with E-state index in [0.29, 0.717) is 5.82 Å². The lowest BCUT2D eigenvalue weighted by Crippen LogP contribution is -2.06. The van der Waals surface area contributed by atoms with Crippen LogP contribution in [-0.2, 0) is 0 Å². The minimum atomic E-state index is 0.630. The number of fused-ring (bicyclic) bond motifs is 1. The normalized spacial score (nSPS) is 16.8. The van der Waals surface area contributed by atoms with Gasteiger partial charge in [-0.25, -0.2) is 0 Å². The van der Waals surface area contributed by atoms with Gasteiger partial charge in [-0.1, -0.05) is 56.4 Å². The van der Waals surface area contributed by atoms with E-state index in [1.54, 1.807) is 6.20 Å². The van der Waals surface area contributed by atoms with Crippen molar-refractivity contribution in [1.82, 2.24) is 10.2 Å². The first-order chi connectivity index (χ1) is 10.4. The molecule has 0 unspecified atom stereocenters. The smallest absolute Gasteiger partial charge is 0.187 e. The number of rotatable bonds is 5. The molecular weight excluding hydrogens is 260 g/mol. The Bertz CT molecular complexity index is 597. The third-order valence-electron chi connectivity index (χ3n) is 4.31. The van der Waals surface area contributed by atoms with E-state index in [1.165, 1.54) is 38.5 Å². The zero-order chi connectivity index (χ0) is 14.3. The van der Waals surface area contributed by atoms with Crippen LogP contribution in [0, 0.1) is 5.92 Å². The molecule has 1 fully saturated rings. The van der Waals surface area contributed by atoms with Crippen LogP contribution in [0.5, 0.6) is 0 Å². The fourth-order valence-electron chi connectivity index (χ4n) is 3.13. The molecule has 110 valence electrons. The molecule has 21 heavy (non-hydrogen) atoms. The van der Waals surface area contributed by atoms with Gasteiger partial charge in [0, 0.05) is 10.8 Å². The third-order valence-corrected chi connectivity index (χ3v) is 4.31. The molecule has 4 heteroatoms. The number of aromatic nitrogens is 2. The average Bonchev–Trinajstić information content (AvgIpc) is 2.56. The van der Waals surface area contributed by atoms with E-state index < -0.39 is 0 Å². The highest BCUT2D eigenvalue weighted by molar-refractivity contribution is 5.89. The maximum absolute atomic E-state index is 4.30. The zero-order valence-corrected chi connectivity index (χ0v) is 12.4. The maximum Gasteiger partial charge on any atom is 0.203 e. The molecule has 1 aliphatic rings. The van der Waals surface area contributed by atoms with Gasteiger partial charge in [-0.05, 0) is 18.8 Å². The Kier molecular flexibility index (Phi) is 4.87. The Morgan fingerprint density at radius 2 is 1.95 bits per heavy atom. The molecule has 0 bridgehead atoms. The lowest BCUT2D eigenvalue weighted by atomic mass is 9.86. The Balaban J connectivity index is 1.53. The molecule has 1 aromatic carbocycles. The standard InChI is InChI=1S/C17H22N4/c1-2-7-14(8-3-1)9-6-12-18-20-17-16-11-5-4-10-15(16)13-19-21-17/h4-5,10-11,13-14H,1-3,6-9,12H2. The molecule has 3 rings (SSSR count). The van der Waals surface area contributed by atoms with Crippen LogP contribution < -0.4 is 0 Å². The van der Waals surface area contributed by atoms with E-state index in [2.05, 4.69) is 20.4 Å². The van der Waals surface area contributed by atoms with Crippen molar-refractivity contribution in [3.05, 3.63) is 30.5 Å². The van der Waals surface area contributed by atoms with Gasteiger partial charge in [0.05, 0.1) is 12.7 Å². The first-order valence-corrected chi connectivity index (χ1v) is 8.01. The van der Waals surface area contributed by atoms with Crippen LogP contribution in [0.4, 0.5) is 5.82 Å². The lowest BCUT2D eigenvalue weighted by molar-refractivity contribution is 0.333. The van der Waals surface area contributed by atoms with E-state index >= 15 is 0 Å². The van der Waals surface area contributed by atoms with Crippen LogP contribution >= 0.6 is 0 Å². The average molecular weight is 282 g/mol. The summed E-state index contributed by atoms with van der Waals surface area (Å²) in [7, 11) is 0. The highest BCUT2D eigenvalue weighted by Crippen LogP contribution is 2.27. The molecule has 0 aliphatic heterocycles. The Morgan fingerprint density at radius 3 is 2.86 bits per heavy atom. The molecule has 0 atom stereocenters. The van der Waals surface area contributed by atoms with Gasteiger partial charge in [-0.15, -0.1) is 10.2 Å². The van der Waals surface area contributed by atoms with Crippen molar-refractivity contribution in [2.75, 3.05) is 6.54 Å². The highest BCUT2D eigenvalue weighted by atomic mass is 15.2. The fourth-order valence-corrected chi connectivity index (χ4v) is 3.13. The van der Waals surface area contributed by atoms with Crippen LogP contribution in [0.2, 0.25) is 0 Å². The van der Waals surface area contributed by atoms with Gasteiger partial charge in [-0.2, -0.15) is 10.2 Å². The molecular formula is C17H22N4. The molecule has 0 spiro atoms. The second-order valence-corrected chi connectivity index (χ2v) is 5.87. The summed E-state index contributed by atoms with van der Waals surface area (Å²) >= 11 is 0. The van der Waals surface area contributed by atoms with E-state index in [9.17, 15) is 0 Å². The Hall–Kier alpha value is -1.84. The van der Waals surface area contributed by atoms with Crippen molar-refractivity contribution in [3.8, 4) is 0 Å². The summed E-state index contributed by atoms with van der Waals surface area (Å²) in [5, 5.41) is 18.7. The molecule has 4 nitrogen and oxygen atoms in total. The van der Waals surface area contributed by atoms with Gasteiger partial charge in [0.1, 0.15) is 0 Å². The minimum Gasteiger partial charge on any atom is -0.187 e. The molecule has 1 aromatic heterocycles. The topological polar surface area (TPSA) is 50.5 Å². The van der Waals surface area contributed by atoms with Crippen LogP contribution in [0.25, 0.3) is 10.8 Å². The summed E-state index contributed by atoms with van der Waals surface area (Å²) in [5.74, 6) is 1.55. The van der Waals surface area contributed by atoms with E-state index in [4.69, 9.17) is 0 Å². The molecule has 0 radical (unpaired) electrons. The number of hydrogen-bond acceptors (Lipinski definition) is 4. The first-order valence-electron chi connectivity index (χ1n) is 8.01. The largest absolute Gasteiger partial charge is 0.203 e. The summed E-state index contributed by atoms with van der Waals surface area (Å²) in [5.41, 5.74) is 0. The molecule has 2 aromatic rings. The van der Waals surface area contributed by atoms with Crippen LogP contribution in [0.1, 0.15) is 44.9 Å². The van der Waals surface area contributed by atoms with Gasteiger partial charge in [0.15, 0.2) is 0 Å². The van der Waals surface area contributed by atoms with Gasteiger partial charge in [0.25, 0.3) is 0 Å². The quantitative estimate of drug-likeness (QED) is 0.567. The number of benzene rings is 1. The lowest BCUT2D eigenvalue weighted by Gasteiger charge is -2.20. The monoisotopic (exact) mass is 282 g/mol. The zero-order valence-electron chi connectivity index (χ0n) is 12.4. The molecule has 1 saturated carbocycles. The predicted molar refractivity (Wildman–Crippen MR) is 84.7 cm³/mol. The molecule has 0 saturated heterocycles. The number of azo groups is 1. The van der Waals surface area contributed by atoms with E-state index in [0.717, 1.165) is 29.7 Å². The number of hydrogen-bond donors (Lipinski definition) is 0. The molecule has 0 amide bonds. The predicted octanol–water partition coefficient (Wildman–Crippen LogP) is 5.07. The van der Waals surface area contributed by atoms with Gasteiger partial charge >= 0.3 is 0 Å². The highest BCUT2D eigenvalue weighted by Gasteiger charge is 2.12. The molecule has 1 heterocycles. The summed E-state index contributed by atoms with van der Waals surface area (Å²) in [4.78, 5) is 0. The summed E-state index contributed by atoms with van der Waals surface area (Å²) in [6.07, 6.45) is 11.3. The number of nitrogens with zero attached hydrogens (tertiary/aromatic N) is 4. The van der Waals surface area contributed by atoms with Gasteiger partial charge in [-0.3, -0.25) is 0 Å². The van der Waals surface area contributed by atoms with Crippen molar-refractivity contribution in [1.29, 1.82) is 0 Å². The second-order valence-electron chi connectivity index (χ2n) is 5.87. The summed E-state index contributed by atoms with van der Waals surface area (Å²) in [6, 6.07) is 8.02. The maximum atomic E-state index is 4.30. The Labute approximate surface area is 125 Å². The van der Waals surface area contributed by atoms with Crippen LogP contribution in [0.15, 0.2) is 40.7 Å². The van der Waals surface area contributed by atoms with Crippen molar-refractivity contribution < 1.29 is 0 Å².